The molecular formula is C21H23N7O4S. The summed E-state index contributed by atoms with van der Waals surface area (Å²) in [6.45, 7) is 0.778. The van der Waals surface area contributed by atoms with E-state index in [2.05, 4.69) is 25.6 Å². The second-order valence-corrected chi connectivity index (χ2v) is 8.48. The number of amides is 4. The van der Waals surface area contributed by atoms with Gasteiger partial charge in [0.25, 0.3) is 0 Å². The van der Waals surface area contributed by atoms with Gasteiger partial charge in [0.15, 0.2) is 5.82 Å². The van der Waals surface area contributed by atoms with Gasteiger partial charge in [0.2, 0.25) is 0 Å². The van der Waals surface area contributed by atoms with E-state index in [1.54, 1.807) is 18.5 Å². The van der Waals surface area contributed by atoms with Gasteiger partial charge in [-0.05, 0) is 31.4 Å². The van der Waals surface area contributed by atoms with Crippen LogP contribution in [0.25, 0.3) is 10.4 Å². The molecule has 0 aliphatic carbocycles. The van der Waals surface area contributed by atoms with Crippen LogP contribution in [-0.2, 0) is 4.74 Å². The maximum Gasteiger partial charge on any atom is 0.341 e. The number of esters is 1. The van der Waals surface area contributed by atoms with E-state index in [-0.39, 0.29) is 17.9 Å². The fourth-order valence-electron chi connectivity index (χ4n) is 3.48. The normalized spacial score (nSPS) is 16.0. The highest BCUT2D eigenvalue weighted by molar-refractivity contribution is 7.20. The average Bonchev–Trinajstić information content (AvgIpc) is 3.40. The highest BCUT2D eigenvalue weighted by atomic mass is 32.1. The maximum atomic E-state index is 13.1. The number of urea groups is 2. The molecule has 1 atom stereocenters. The van der Waals surface area contributed by atoms with Crippen LogP contribution in [0.5, 0.6) is 0 Å². The van der Waals surface area contributed by atoms with Gasteiger partial charge in [-0.15, -0.1) is 11.3 Å². The van der Waals surface area contributed by atoms with Crippen molar-refractivity contribution >= 4 is 40.2 Å². The summed E-state index contributed by atoms with van der Waals surface area (Å²) >= 11 is 1.24. The first-order chi connectivity index (χ1) is 16.0. The number of likely N-dealkylation sites (tertiary alicyclic amines) is 1. The summed E-state index contributed by atoms with van der Waals surface area (Å²) in [5.41, 5.74) is 6.51. The second kappa shape index (κ2) is 10.1. The topological polar surface area (TPSA) is 155 Å². The summed E-state index contributed by atoms with van der Waals surface area (Å²) in [4.78, 5) is 50.3. The van der Waals surface area contributed by atoms with E-state index in [1.165, 1.54) is 34.8 Å². The highest BCUT2D eigenvalue weighted by Crippen LogP contribution is 2.36. The Kier molecular flexibility index (Phi) is 6.83. The van der Waals surface area contributed by atoms with E-state index >= 15 is 0 Å². The fraction of sp³-hybridized carbons (Fsp3) is 0.286. The number of nitrogens with one attached hydrogen (secondary N) is 3. The van der Waals surface area contributed by atoms with Crippen molar-refractivity contribution in [2.45, 2.75) is 25.4 Å². The van der Waals surface area contributed by atoms with Gasteiger partial charge in [-0.1, -0.05) is 0 Å². The van der Waals surface area contributed by atoms with Crippen LogP contribution in [0.4, 0.5) is 20.4 Å². The largest absolute Gasteiger partial charge is 0.457 e. The Morgan fingerprint density at radius 1 is 1.24 bits per heavy atom. The first kappa shape index (κ1) is 22.3. The van der Waals surface area contributed by atoms with Crippen LogP contribution >= 0.6 is 11.3 Å². The van der Waals surface area contributed by atoms with Crippen LogP contribution in [0.1, 0.15) is 29.6 Å². The summed E-state index contributed by atoms with van der Waals surface area (Å²) in [6.07, 6.45) is 9.66. The van der Waals surface area contributed by atoms with Gasteiger partial charge in [0.05, 0.1) is 18.3 Å². The third kappa shape index (κ3) is 5.66. The fourth-order valence-corrected chi connectivity index (χ4v) is 4.52. The molecule has 3 aromatic rings. The molecule has 0 radical (unpaired) electrons. The Bertz CT molecular complexity index is 1120. The summed E-state index contributed by atoms with van der Waals surface area (Å²) in [7, 11) is 0. The zero-order chi connectivity index (χ0) is 23.2. The van der Waals surface area contributed by atoms with Crippen molar-refractivity contribution in [1.82, 2.24) is 19.9 Å². The van der Waals surface area contributed by atoms with Gasteiger partial charge in [-0.25, -0.2) is 19.4 Å². The number of aromatic amines is 1. The Balaban J connectivity index is 1.53. The number of nitrogens with two attached hydrogens (primary N) is 1. The number of aromatic nitrogens is 3. The van der Waals surface area contributed by atoms with Crippen molar-refractivity contribution in [3.8, 4) is 10.4 Å². The SMILES string of the molecule is NC(=O)N1CCCCC(OC(=O)c2cc(-c3cc[nH]c3)sc2NC(=O)Nc2cnccn2)C1. The monoisotopic (exact) mass is 469 g/mol. The molecule has 1 aliphatic heterocycles. The molecule has 1 unspecified atom stereocenters. The Morgan fingerprint density at radius 3 is 2.85 bits per heavy atom. The number of carbonyl (C=O) groups excluding carboxylic acids is 3. The number of ether oxygens (including phenoxy) is 1. The second-order valence-electron chi connectivity index (χ2n) is 7.43. The number of anilines is 2. The molecule has 1 aliphatic rings. The lowest BCUT2D eigenvalue weighted by molar-refractivity contribution is 0.0242. The molecule has 4 amide bonds. The van der Waals surface area contributed by atoms with E-state index in [0.717, 1.165) is 23.3 Å². The van der Waals surface area contributed by atoms with Crippen LogP contribution in [0.3, 0.4) is 0 Å². The van der Waals surface area contributed by atoms with E-state index in [0.29, 0.717) is 18.0 Å². The lowest BCUT2D eigenvalue weighted by Crippen LogP contribution is -2.41. The molecular weight excluding hydrogens is 446 g/mol. The standard InChI is InChI=1S/C21H23N7O4S/c22-20(30)28-8-2-1-3-14(12-28)32-19(29)15-9-16(13-4-5-23-10-13)33-18(15)27-21(31)26-17-11-24-6-7-25-17/h4-7,9-11,14,23H,1-3,8,12H2,(H2,22,30)(H2,25,26,27,31). The molecule has 12 heteroatoms. The lowest BCUT2D eigenvalue weighted by atomic mass is 10.2. The number of hydrogen-bond donors (Lipinski definition) is 4. The molecule has 172 valence electrons. The quantitative estimate of drug-likeness (QED) is 0.420. The van der Waals surface area contributed by atoms with Crippen LogP contribution in [0, 0.1) is 0 Å². The minimum Gasteiger partial charge on any atom is -0.457 e. The van der Waals surface area contributed by atoms with E-state index in [4.69, 9.17) is 10.5 Å². The molecule has 11 nitrogen and oxygen atoms in total. The molecule has 33 heavy (non-hydrogen) atoms. The molecule has 0 bridgehead atoms. The minimum absolute atomic E-state index is 0.223. The van der Waals surface area contributed by atoms with E-state index < -0.39 is 24.1 Å². The lowest BCUT2D eigenvalue weighted by Gasteiger charge is -2.22. The van der Waals surface area contributed by atoms with Crippen molar-refractivity contribution in [2.75, 3.05) is 23.7 Å². The van der Waals surface area contributed by atoms with Gasteiger partial charge in [-0.2, -0.15) is 0 Å². The molecule has 0 saturated carbocycles. The smallest absolute Gasteiger partial charge is 0.341 e. The predicted molar refractivity (Wildman–Crippen MR) is 123 cm³/mol. The zero-order valence-corrected chi connectivity index (χ0v) is 18.4. The average molecular weight is 470 g/mol. The Labute approximate surface area is 193 Å². The number of H-pyrrole nitrogens is 1. The van der Waals surface area contributed by atoms with Crippen molar-refractivity contribution in [3.63, 3.8) is 0 Å². The molecule has 1 fully saturated rings. The first-order valence-corrected chi connectivity index (χ1v) is 11.2. The van der Waals surface area contributed by atoms with Crippen molar-refractivity contribution in [3.05, 3.63) is 48.7 Å². The van der Waals surface area contributed by atoms with Gasteiger partial charge in [-0.3, -0.25) is 15.6 Å². The number of nitrogens with zero attached hydrogens (tertiary/aromatic N) is 3. The van der Waals surface area contributed by atoms with Crippen molar-refractivity contribution < 1.29 is 19.1 Å². The number of rotatable bonds is 5. The summed E-state index contributed by atoms with van der Waals surface area (Å²) in [5.74, 6) is -0.314. The Morgan fingerprint density at radius 2 is 2.12 bits per heavy atom. The van der Waals surface area contributed by atoms with E-state index in [9.17, 15) is 14.4 Å². The summed E-state index contributed by atoms with van der Waals surface area (Å²) in [5, 5.41) is 5.61. The van der Waals surface area contributed by atoms with Gasteiger partial charge in [0, 0.05) is 41.8 Å². The number of thiophene rings is 1. The van der Waals surface area contributed by atoms with Crippen LogP contribution in [0.2, 0.25) is 0 Å². The maximum absolute atomic E-state index is 13.1. The van der Waals surface area contributed by atoms with Crippen molar-refractivity contribution in [2.24, 2.45) is 5.73 Å². The highest BCUT2D eigenvalue weighted by Gasteiger charge is 2.27. The van der Waals surface area contributed by atoms with Crippen molar-refractivity contribution in [1.29, 1.82) is 0 Å². The van der Waals surface area contributed by atoms with E-state index in [1.807, 2.05) is 6.07 Å². The third-order valence-corrected chi connectivity index (χ3v) is 6.18. The molecule has 1 saturated heterocycles. The number of hydrogen-bond acceptors (Lipinski definition) is 7. The van der Waals surface area contributed by atoms with Gasteiger partial charge < -0.3 is 20.4 Å². The molecule has 5 N–H and O–H groups in total. The number of carbonyl (C=O) groups is 3. The molecule has 4 heterocycles. The van der Waals surface area contributed by atoms with Gasteiger partial charge >= 0.3 is 18.0 Å². The zero-order valence-electron chi connectivity index (χ0n) is 17.6. The van der Waals surface area contributed by atoms with Crippen LogP contribution in [0.15, 0.2) is 43.1 Å². The third-order valence-electron chi connectivity index (χ3n) is 5.08. The summed E-state index contributed by atoms with van der Waals surface area (Å²) in [6, 6.07) is 2.43. The first-order valence-electron chi connectivity index (χ1n) is 10.4. The molecule has 0 aromatic carbocycles. The molecule has 0 spiro atoms. The summed E-state index contributed by atoms with van der Waals surface area (Å²) < 4.78 is 5.73. The van der Waals surface area contributed by atoms with Crippen LogP contribution in [-0.4, -0.2) is 57.1 Å². The Hall–Kier alpha value is -3.93. The molecule has 3 aromatic heterocycles. The minimum atomic E-state index is -0.584. The number of primary amides is 1. The molecule has 4 rings (SSSR count). The predicted octanol–water partition coefficient (Wildman–Crippen LogP) is 3.27. The van der Waals surface area contributed by atoms with Crippen LogP contribution < -0.4 is 16.4 Å². The van der Waals surface area contributed by atoms with Gasteiger partial charge in [0.1, 0.15) is 11.1 Å².